The van der Waals surface area contributed by atoms with Crippen LogP contribution in [0.3, 0.4) is 0 Å². The Bertz CT molecular complexity index is 914. The Morgan fingerprint density at radius 3 is 2.72 bits per heavy atom. The van der Waals surface area contributed by atoms with E-state index in [-0.39, 0.29) is 11.8 Å². The highest BCUT2D eigenvalue weighted by Gasteiger charge is 2.34. The van der Waals surface area contributed by atoms with Crippen LogP contribution in [0.25, 0.3) is 10.2 Å². The normalized spacial score (nSPS) is 14.4. The van der Waals surface area contributed by atoms with Crippen LogP contribution < -0.4 is 15.0 Å². The molecule has 0 atom stereocenters. The fourth-order valence-corrected chi connectivity index (χ4v) is 3.80. The van der Waals surface area contributed by atoms with Gasteiger partial charge in [0, 0.05) is 24.8 Å². The van der Waals surface area contributed by atoms with E-state index in [1.807, 2.05) is 49.4 Å². The van der Waals surface area contributed by atoms with Crippen molar-refractivity contribution in [1.82, 2.24) is 4.98 Å². The number of methoxy groups -OCH3 is 1. The van der Waals surface area contributed by atoms with Crippen molar-refractivity contribution in [2.45, 2.75) is 6.92 Å². The number of amides is 1. The number of rotatable bonds is 4. The Morgan fingerprint density at radius 1 is 1.24 bits per heavy atom. The van der Waals surface area contributed by atoms with E-state index in [0.29, 0.717) is 13.1 Å². The van der Waals surface area contributed by atoms with Crippen LogP contribution in [-0.4, -0.2) is 31.1 Å². The largest absolute Gasteiger partial charge is 0.497 e. The van der Waals surface area contributed by atoms with E-state index >= 15 is 0 Å². The molecule has 128 valence electrons. The third-order valence-corrected chi connectivity index (χ3v) is 5.52. The van der Waals surface area contributed by atoms with Crippen molar-refractivity contribution in [2.75, 3.05) is 30.4 Å². The zero-order valence-corrected chi connectivity index (χ0v) is 15.0. The van der Waals surface area contributed by atoms with E-state index in [1.54, 1.807) is 18.4 Å². The van der Waals surface area contributed by atoms with Gasteiger partial charge in [-0.25, -0.2) is 4.98 Å². The standard InChI is InChI=1S/C19H19N3O2S/c1-12-3-5-14(6-4-12)20-18(23)13-10-22(11-13)19-21-16-9-15(24-2)7-8-17(16)25-19/h3-9,13H,10-11H2,1-2H3,(H,20,23). The summed E-state index contributed by atoms with van der Waals surface area (Å²) in [6.07, 6.45) is 0. The number of fused-ring (bicyclic) bond motifs is 1. The van der Waals surface area contributed by atoms with Crippen LogP contribution in [0.4, 0.5) is 10.8 Å². The van der Waals surface area contributed by atoms with Gasteiger partial charge in [-0.1, -0.05) is 29.0 Å². The molecule has 1 saturated heterocycles. The Balaban J connectivity index is 1.39. The van der Waals surface area contributed by atoms with Crippen molar-refractivity contribution < 1.29 is 9.53 Å². The van der Waals surface area contributed by atoms with Crippen molar-refractivity contribution in [2.24, 2.45) is 5.92 Å². The molecule has 6 heteroatoms. The quantitative estimate of drug-likeness (QED) is 0.777. The topological polar surface area (TPSA) is 54.5 Å². The summed E-state index contributed by atoms with van der Waals surface area (Å²) in [6, 6.07) is 13.8. The molecule has 5 nitrogen and oxygen atoms in total. The number of aryl methyl sites for hydroxylation is 1. The lowest BCUT2D eigenvalue weighted by atomic mass is 10.00. The molecule has 1 aliphatic rings. The second-order valence-corrected chi connectivity index (χ2v) is 7.30. The van der Waals surface area contributed by atoms with E-state index in [9.17, 15) is 4.79 Å². The van der Waals surface area contributed by atoms with Crippen molar-refractivity contribution in [1.29, 1.82) is 0 Å². The number of carbonyl (C=O) groups is 1. The summed E-state index contributed by atoms with van der Waals surface area (Å²) in [7, 11) is 1.65. The second-order valence-electron chi connectivity index (χ2n) is 6.29. The van der Waals surface area contributed by atoms with Crippen LogP contribution in [0, 0.1) is 12.8 Å². The van der Waals surface area contributed by atoms with Crippen LogP contribution in [0.5, 0.6) is 5.75 Å². The third kappa shape index (κ3) is 3.17. The first-order valence-electron chi connectivity index (χ1n) is 8.19. The van der Waals surface area contributed by atoms with Gasteiger partial charge in [-0.15, -0.1) is 0 Å². The van der Waals surface area contributed by atoms with Crippen LogP contribution in [0.2, 0.25) is 0 Å². The van der Waals surface area contributed by atoms with Crippen molar-refractivity contribution in [3.8, 4) is 5.75 Å². The highest BCUT2D eigenvalue weighted by Crippen LogP contribution is 2.34. The molecular weight excluding hydrogens is 334 g/mol. The van der Waals surface area contributed by atoms with Crippen molar-refractivity contribution >= 4 is 38.3 Å². The monoisotopic (exact) mass is 353 g/mol. The van der Waals surface area contributed by atoms with Gasteiger partial charge in [0.05, 0.1) is 23.2 Å². The van der Waals surface area contributed by atoms with Gasteiger partial charge in [0.2, 0.25) is 5.91 Å². The molecule has 4 rings (SSSR count). The average Bonchev–Trinajstić information content (AvgIpc) is 2.98. The fraction of sp³-hybridized carbons (Fsp3) is 0.263. The lowest BCUT2D eigenvalue weighted by molar-refractivity contribution is -0.120. The molecule has 1 amide bonds. The highest BCUT2D eigenvalue weighted by molar-refractivity contribution is 7.22. The Hall–Kier alpha value is -2.60. The van der Waals surface area contributed by atoms with E-state index < -0.39 is 0 Å². The summed E-state index contributed by atoms with van der Waals surface area (Å²) in [5.41, 5.74) is 2.97. The number of hydrogen-bond acceptors (Lipinski definition) is 5. The molecule has 0 radical (unpaired) electrons. The number of ether oxygens (including phenoxy) is 1. The Kier molecular flexibility index (Phi) is 4.05. The molecule has 1 aromatic heterocycles. The Morgan fingerprint density at radius 2 is 2.00 bits per heavy atom. The maximum Gasteiger partial charge on any atom is 0.231 e. The molecule has 25 heavy (non-hydrogen) atoms. The third-order valence-electron chi connectivity index (χ3n) is 4.43. The van der Waals surface area contributed by atoms with E-state index in [0.717, 1.165) is 26.8 Å². The first-order chi connectivity index (χ1) is 12.1. The van der Waals surface area contributed by atoms with E-state index in [2.05, 4.69) is 15.2 Å². The summed E-state index contributed by atoms with van der Waals surface area (Å²) < 4.78 is 6.37. The number of carbonyl (C=O) groups excluding carboxylic acids is 1. The molecule has 0 spiro atoms. The van der Waals surface area contributed by atoms with Crippen LogP contribution in [-0.2, 0) is 4.79 Å². The van der Waals surface area contributed by atoms with E-state index in [4.69, 9.17) is 4.74 Å². The maximum atomic E-state index is 12.3. The summed E-state index contributed by atoms with van der Waals surface area (Å²) in [6.45, 7) is 3.44. The molecule has 1 N–H and O–H groups in total. The Labute approximate surface area is 150 Å². The van der Waals surface area contributed by atoms with Gasteiger partial charge in [-0.3, -0.25) is 4.79 Å². The lowest BCUT2D eigenvalue weighted by Gasteiger charge is -2.37. The summed E-state index contributed by atoms with van der Waals surface area (Å²) in [5, 5.41) is 3.95. The minimum absolute atomic E-state index is 0.00264. The lowest BCUT2D eigenvalue weighted by Crippen LogP contribution is -2.52. The molecule has 3 aromatic rings. The zero-order valence-electron chi connectivity index (χ0n) is 14.2. The van der Waals surface area contributed by atoms with Gasteiger partial charge in [0.15, 0.2) is 5.13 Å². The minimum atomic E-state index is 0.00264. The molecule has 2 heterocycles. The predicted molar refractivity (Wildman–Crippen MR) is 102 cm³/mol. The fourth-order valence-electron chi connectivity index (χ4n) is 2.84. The summed E-state index contributed by atoms with van der Waals surface area (Å²) in [4.78, 5) is 19.2. The number of aromatic nitrogens is 1. The van der Waals surface area contributed by atoms with E-state index in [1.165, 1.54) is 5.56 Å². The van der Waals surface area contributed by atoms with Crippen LogP contribution in [0.1, 0.15) is 5.56 Å². The SMILES string of the molecule is COc1ccc2sc(N3CC(C(=O)Nc4ccc(C)cc4)C3)nc2c1. The predicted octanol–water partition coefficient (Wildman–Crippen LogP) is 3.69. The van der Waals surface area contributed by atoms with Gasteiger partial charge in [-0.05, 0) is 31.2 Å². The van der Waals surface area contributed by atoms with Crippen molar-refractivity contribution in [3.63, 3.8) is 0 Å². The van der Waals surface area contributed by atoms with Gasteiger partial charge < -0.3 is 15.0 Å². The average molecular weight is 353 g/mol. The summed E-state index contributed by atoms with van der Waals surface area (Å²) in [5.74, 6) is 0.883. The van der Waals surface area contributed by atoms with Gasteiger partial charge >= 0.3 is 0 Å². The molecule has 2 aromatic carbocycles. The number of nitrogens with one attached hydrogen (secondary N) is 1. The molecule has 1 fully saturated rings. The smallest absolute Gasteiger partial charge is 0.231 e. The van der Waals surface area contributed by atoms with Gasteiger partial charge in [0.25, 0.3) is 0 Å². The van der Waals surface area contributed by atoms with Gasteiger partial charge in [-0.2, -0.15) is 0 Å². The first kappa shape index (κ1) is 15.9. The number of thiazole rings is 1. The molecule has 0 unspecified atom stereocenters. The summed E-state index contributed by atoms with van der Waals surface area (Å²) >= 11 is 1.65. The molecule has 0 bridgehead atoms. The molecule has 0 saturated carbocycles. The van der Waals surface area contributed by atoms with Crippen LogP contribution >= 0.6 is 11.3 Å². The van der Waals surface area contributed by atoms with Crippen molar-refractivity contribution in [3.05, 3.63) is 48.0 Å². The molecule has 1 aliphatic heterocycles. The zero-order chi connectivity index (χ0) is 17.4. The number of nitrogens with zero attached hydrogens (tertiary/aromatic N) is 2. The first-order valence-corrected chi connectivity index (χ1v) is 9.01. The number of benzene rings is 2. The second kappa shape index (κ2) is 6.37. The molecular formula is C19H19N3O2S. The highest BCUT2D eigenvalue weighted by atomic mass is 32.1. The number of anilines is 2. The molecule has 0 aliphatic carbocycles. The van der Waals surface area contributed by atoms with Gasteiger partial charge in [0.1, 0.15) is 5.75 Å². The minimum Gasteiger partial charge on any atom is -0.497 e. The van der Waals surface area contributed by atoms with Crippen LogP contribution in [0.15, 0.2) is 42.5 Å². The number of hydrogen-bond donors (Lipinski definition) is 1. The maximum absolute atomic E-state index is 12.3.